The van der Waals surface area contributed by atoms with E-state index in [2.05, 4.69) is 5.32 Å². The lowest BCUT2D eigenvalue weighted by Crippen LogP contribution is -2.20. The molecule has 0 aromatic heterocycles. The van der Waals surface area contributed by atoms with Crippen molar-refractivity contribution in [3.8, 4) is 11.5 Å². The van der Waals surface area contributed by atoms with Crippen LogP contribution < -0.4 is 14.8 Å². The fourth-order valence-electron chi connectivity index (χ4n) is 1.35. The van der Waals surface area contributed by atoms with Crippen LogP contribution in [0.1, 0.15) is 0 Å². The molecule has 82 valence electrons. The standard InChI is InChI=1S/C10H12ClNO3/c11-4-7(13)5-12-8-2-1-3-9-10(8)15-6-14-9/h1-3,7,12-13H,4-6H2. The number of aliphatic hydroxyl groups excluding tert-OH is 1. The van der Waals surface area contributed by atoms with Gasteiger partial charge in [-0.05, 0) is 12.1 Å². The SMILES string of the molecule is OC(CCl)CNc1cccc2c1OCO2. The number of benzene rings is 1. The summed E-state index contributed by atoms with van der Waals surface area (Å²) in [5.74, 6) is 1.62. The lowest BCUT2D eigenvalue weighted by atomic mass is 10.2. The van der Waals surface area contributed by atoms with Crippen LogP contribution in [-0.2, 0) is 0 Å². The van der Waals surface area contributed by atoms with Crippen molar-refractivity contribution in [1.82, 2.24) is 0 Å². The first kappa shape index (κ1) is 10.4. The molecule has 1 aromatic carbocycles. The molecule has 1 heterocycles. The minimum absolute atomic E-state index is 0.208. The summed E-state index contributed by atoms with van der Waals surface area (Å²) in [6.45, 7) is 0.634. The molecule has 0 amide bonds. The number of halogens is 1. The van der Waals surface area contributed by atoms with Gasteiger partial charge in [0.05, 0.1) is 17.7 Å². The maximum Gasteiger partial charge on any atom is 0.231 e. The van der Waals surface area contributed by atoms with Crippen molar-refractivity contribution in [1.29, 1.82) is 0 Å². The predicted molar refractivity (Wildman–Crippen MR) is 57.8 cm³/mol. The average molecular weight is 230 g/mol. The van der Waals surface area contributed by atoms with E-state index in [1.54, 1.807) is 0 Å². The second-order valence-electron chi connectivity index (χ2n) is 3.23. The Morgan fingerprint density at radius 3 is 3.13 bits per heavy atom. The molecule has 0 saturated heterocycles. The van der Waals surface area contributed by atoms with Gasteiger partial charge in [0.25, 0.3) is 0 Å². The van der Waals surface area contributed by atoms with Crippen LogP contribution in [0.5, 0.6) is 11.5 Å². The molecule has 1 aliphatic heterocycles. The van der Waals surface area contributed by atoms with Gasteiger partial charge in [0.2, 0.25) is 6.79 Å². The number of aliphatic hydroxyl groups is 1. The van der Waals surface area contributed by atoms with Crippen LogP contribution in [0.2, 0.25) is 0 Å². The number of rotatable bonds is 4. The van der Waals surface area contributed by atoms with Gasteiger partial charge in [-0.2, -0.15) is 0 Å². The number of para-hydroxylation sites is 1. The fraction of sp³-hybridized carbons (Fsp3) is 0.400. The van der Waals surface area contributed by atoms with Gasteiger partial charge in [0, 0.05) is 6.54 Å². The largest absolute Gasteiger partial charge is 0.454 e. The van der Waals surface area contributed by atoms with Crippen molar-refractivity contribution in [2.24, 2.45) is 0 Å². The van der Waals surface area contributed by atoms with E-state index in [1.807, 2.05) is 18.2 Å². The monoisotopic (exact) mass is 229 g/mol. The molecular formula is C10H12ClNO3. The zero-order chi connectivity index (χ0) is 10.7. The minimum Gasteiger partial charge on any atom is -0.454 e. The molecule has 1 unspecified atom stereocenters. The van der Waals surface area contributed by atoms with Gasteiger partial charge >= 0.3 is 0 Å². The van der Waals surface area contributed by atoms with Crippen molar-refractivity contribution >= 4 is 17.3 Å². The van der Waals surface area contributed by atoms with Crippen molar-refractivity contribution in [3.05, 3.63) is 18.2 Å². The lowest BCUT2D eigenvalue weighted by molar-refractivity contribution is 0.174. The Balaban J connectivity index is 2.06. The number of hydrogen-bond acceptors (Lipinski definition) is 4. The van der Waals surface area contributed by atoms with Gasteiger partial charge in [-0.25, -0.2) is 0 Å². The molecular weight excluding hydrogens is 218 g/mol. The Labute approximate surface area is 92.8 Å². The average Bonchev–Trinajstić information content (AvgIpc) is 2.74. The minimum atomic E-state index is -0.565. The molecule has 0 bridgehead atoms. The number of ether oxygens (including phenoxy) is 2. The molecule has 0 fully saturated rings. The number of nitrogens with one attached hydrogen (secondary N) is 1. The van der Waals surface area contributed by atoms with Gasteiger partial charge in [0.1, 0.15) is 0 Å². The van der Waals surface area contributed by atoms with E-state index in [1.165, 1.54) is 0 Å². The molecule has 1 atom stereocenters. The Bertz CT molecular complexity index is 345. The highest BCUT2D eigenvalue weighted by molar-refractivity contribution is 6.18. The molecule has 0 spiro atoms. The number of fused-ring (bicyclic) bond motifs is 1. The third kappa shape index (κ3) is 2.27. The number of hydrogen-bond donors (Lipinski definition) is 2. The predicted octanol–water partition coefficient (Wildman–Crippen LogP) is 1.43. The van der Waals surface area contributed by atoms with Crippen LogP contribution in [0.3, 0.4) is 0 Å². The van der Waals surface area contributed by atoms with Crippen LogP contribution >= 0.6 is 11.6 Å². The molecule has 5 heteroatoms. The molecule has 4 nitrogen and oxygen atoms in total. The van der Waals surface area contributed by atoms with E-state index in [-0.39, 0.29) is 12.7 Å². The number of anilines is 1. The van der Waals surface area contributed by atoms with Crippen LogP contribution in [0.4, 0.5) is 5.69 Å². The summed E-state index contributed by atoms with van der Waals surface area (Å²) in [7, 11) is 0. The maximum atomic E-state index is 9.30. The second-order valence-corrected chi connectivity index (χ2v) is 3.54. The second kappa shape index (κ2) is 4.59. The summed E-state index contributed by atoms with van der Waals surface area (Å²) in [6, 6.07) is 5.57. The summed E-state index contributed by atoms with van der Waals surface area (Å²) in [5.41, 5.74) is 0.814. The summed E-state index contributed by atoms with van der Waals surface area (Å²) >= 11 is 5.49. The van der Waals surface area contributed by atoms with Crippen LogP contribution in [0.25, 0.3) is 0 Å². The van der Waals surface area contributed by atoms with Crippen molar-refractivity contribution in [3.63, 3.8) is 0 Å². The van der Waals surface area contributed by atoms with Gasteiger partial charge < -0.3 is 19.9 Å². The first-order valence-corrected chi connectivity index (χ1v) is 5.21. The molecule has 15 heavy (non-hydrogen) atoms. The van der Waals surface area contributed by atoms with Crippen molar-refractivity contribution < 1.29 is 14.6 Å². The maximum absolute atomic E-state index is 9.30. The summed E-state index contributed by atoms with van der Waals surface area (Å²) in [6.07, 6.45) is -0.565. The smallest absolute Gasteiger partial charge is 0.231 e. The van der Waals surface area contributed by atoms with Crippen LogP contribution in [0.15, 0.2) is 18.2 Å². The highest BCUT2D eigenvalue weighted by atomic mass is 35.5. The summed E-state index contributed by atoms with van der Waals surface area (Å²) in [5, 5.41) is 12.4. The van der Waals surface area contributed by atoms with E-state index in [0.717, 1.165) is 11.4 Å². The Hall–Kier alpha value is -1.13. The Morgan fingerprint density at radius 1 is 1.47 bits per heavy atom. The number of alkyl halides is 1. The van der Waals surface area contributed by atoms with E-state index < -0.39 is 6.10 Å². The highest BCUT2D eigenvalue weighted by Gasteiger charge is 2.17. The Kier molecular flexibility index (Phi) is 3.18. The third-order valence-corrected chi connectivity index (χ3v) is 2.46. The molecule has 0 radical (unpaired) electrons. The first-order chi connectivity index (χ1) is 7.31. The molecule has 1 aromatic rings. The molecule has 1 aliphatic rings. The van der Waals surface area contributed by atoms with Gasteiger partial charge in [0.15, 0.2) is 11.5 Å². The van der Waals surface area contributed by atoms with Crippen molar-refractivity contribution in [2.75, 3.05) is 24.5 Å². The zero-order valence-electron chi connectivity index (χ0n) is 8.07. The van der Waals surface area contributed by atoms with E-state index >= 15 is 0 Å². The Morgan fingerprint density at radius 2 is 2.33 bits per heavy atom. The zero-order valence-corrected chi connectivity index (χ0v) is 8.83. The van der Waals surface area contributed by atoms with Crippen LogP contribution in [0, 0.1) is 0 Å². The molecule has 2 rings (SSSR count). The summed E-state index contributed by atoms with van der Waals surface area (Å²) < 4.78 is 10.5. The molecule has 0 saturated carbocycles. The first-order valence-electron chi connectivity index (χ1n) is 4.68. The molecule has 0 aliphatic carbocycles. The third-order valence-electron chi connectivity index (χ3n) is 2.10. The topological polar surface area (TPSA) is 50.7 Å². The normalized spacial score (nSPS) is 15.1. The van der Waals surface area contributed by atoms with Crippen molar-refractivity contribution in [2.45, 2.75) is 6.10 Å². The van der Waals surface area contributed by atoms with E-state index in [9.17, 15) is 5.11 Å². The summed E-state index contributed by atoms with van der Waals surface area (Å²) in [4.78, 5) is 0. The fourth-order valence-corrected chi connectivity index (χ4v) is 1.46. The van der Waals surface area contributed by atoms with E-state index in [0.29, 0.717) is 12.3 Å². The van der Waals surface area contributed by atoms with Crippen LogP contribution in [-0.4, -0.2) is 30.4 Å². The molecule has 2 N–H and O–H groups in total. The quantitative estimate of drug-likeness (QED) is 0.767. The highest BCUT2D eigenvalue weighted by Crippen LogP contribution is 2.38. The van der Waals surface area contributed by atoms with Gasteiger partial charge in [-0.1, -0.05) is 6.07 Å². The van der Waals surface area contributed by atoms with Gasteiger partial charge in [-0.15, -0.1) is 11.6 Å². The lowest BCUT2D eigenvalue weighted by Gasteiger charge is -2.11. The van der Waals surface area contributed by atoms with E-state index in [4.69, 9.17) is 21.1 Å². The van der Waals surface area contributed by atoms with Gasteiger partial charge in [-0.3, -0.25) is 0 Å².